The Morgan fingerprint density at radius 2 is 1.61 bits per heavy atom. The minimum atomic E-state index is -1.55. The Labute approximate surface area is 272 Å². The summed E-state index contributed by atoms with van der Waals surface area (Å²) in [5.41, 5.74) is 2.57. The molecule has 1 heterocycles. The van der Waals surface area contributed by atoms with Gasteiger partial charge in [0.15, 0.2) is 17.7 Å². The van der Waals surface area contributed by atoms with Gasteiger partial charge in [-0.2, -0.15) is 0 Å². The number of esters is 1. The van der Waals surface area contributed by atoms with Crippen molar-refractivity contribution in [3.63, 3.8) is 0 Å². The molecule has 1 fully saturated rings. The van der Waals surface area contributed by atoms with Gasteiger partial charge in [0.1, 0.15) is 6.61 Å². The number of amides is 2. The van der Waals surface area contributed by atoms with Gasteiger partial charge in [-0.15, -0.1) is 0 Å². The zero-order chi connectivity index (χ0) is 33.5. The summed E-state index contributed by atoms with van der Waals surface area (Å²) in [6.45, 7) is 4.69. The Morgan fingerprint density at radius 3 is 2.24 bits per heavy atom. The Balaban J connectivity index is 1.77. The van der Waals surface area contributed by atoms with Crippen molar-refractivity contribution in [1.82, 2.24) is 4.90 Å². The topological polar surface area (TPSA) is 127 Å². The van der Waals surface area contributed by atoms with Crippen LogP contribution in [-0.2, 0) is 35.1 Å². The molecule has 1 aliphatic heterocycles. The first kappa shape index (κ1) is 36.4. The van der Waals surface area contributed by atoms with E-state index >= 15 is 0 Å². The fourth-order valence-corrected chi connectivity index (χ4v) is 5.66. The fourth-order valence-electron chi connectivity index (χ4n) is 5.66. The van der Waals surface area contributed by atoms with Gasteiger partial charge in [-0.25, -0.2) is 9.69 Å². The van der Waals surface area contributed by atoms with Gasteiger partial charge in [0.2, 0.25) is 5.91 Å². The Hall–Kier alpha value is -4.11. The number of Topliss-reactive ketones (excluding diaryl/α,β-unsaturated/α-hetero) is 1. The average Bonchev–Trinajstić information content (AvgIpc) is 3.40. The molecule has 0 aliphatic carbocycles. The molecule has 2 aromatic carbocycles. The lowest BCUT2D eigenvalue weighted by Gasteiger charge is -2.26. The highest BCUT2D eigenvalue weighted by Crippen LogP contribution is 2.25. The van der Waals surface area contributed by atoms with Gasteiger partial charge in [-0.05, 0) is 50.3 Å². The standard InChI is InChI=1S/C37H47NO8/c1-26-16-15-19-30(22-26)32(33(41)20-13-8-6-4-5-7-9-14-21-39)24-34(42)35(46-28(3)40)27(2)36(43)38-31(25-45-37(38)44)23-29-17-11-10-12-18-29/h10-12,15-19,22,24,27,31,35,39H,4-9,13-14,20-21,23,25H2,1-3H3/t27-,31-,35-/m1/s1. The molecule has 0 saturated carbocycles. The van der Waals surface area contributed by atoms with Crippen LogP contribution in [0.5, 0.6) is 0 Å². The first-order valence-electron chi connectivity index (χ1n) is 16.3. The van der Waals surface area contributed by atoms with E-state index in [1.54, 1.807) is 12.1 Å². The Bertz CT molecular complexity index is 1370. The van der Waals surface area contributed by atoms with Crippen LogP contribution >= 0.6 is 0 Å². The van der Waals surface area contributed by atoms with E-state index in [1.165, 1.54) is 13.0 Å². The largest absolute Gasteiger partial charge is 0.453 e. The fraction of sp³-hybridized carbons (Fsp3) is 0.486. The number of hydrogen-bond acceptors (Lipinski definition) is 8. The summed E-state index contributed by atoms with van der Waals surface area (Å²) in [6.07, 6.45) is 7.03. The van der Waals surface area contributed by atoms with E-state index in [0.717, 1.165) is 67.9 Å². The predicted octanol–water partition coefficient (Wildman–Crippen LogP) is 6.18. The summed E-state index contributed by atoms with van der Waals surface area (Å²) in [4.78, 5) is 66.8. The highest BCUT2D eigenvalue weighted by Gasteiger charge is 2.43. The third-order valence-corrected chi connectivity index (χ3v) is 8.16. The SMILES string of the molecule is CC(=O)O[C@@H](C(=O)C=C(C(=O)CCCCCCCCCCO)c1cccc(C)c1)[C@@H](C)C(=O)N1C(=O)OC[C@H]1Cc1ccccc1. The smallest absolute Gasteiger partial charge is 0.416 e. The number of hydrogen-bond donors (Lipinski definition) is 1. The van der Waals surface area contributed by atoms with Crippen LogP contribution in [0, 0.1) is 12.8 Å². The van der Waals surface area contributed by atoms with Crippen LogP contribution in [0.2, 0.25) is 0 Å². The molecule has 9 heteroatoms. The van der Waals surface area contributed by atoms with E-state index in [9.17, 15) is 24.0 Å². The van der Waals surface area contributed by atoms with E-state index in [4.69, 9.17) is 14.6 Å². The summed E-state index contributed by atoms with van der Waals surface area (Å²) < 4.78 is 10.6. The number of aliphatic hydroxyl groups excluding tert-OH is 1. The number of ether oxygens (including phenoxy) is 2. The number of ketones is 2. The molecule has 0 bridgehead atoms. The van der Waals surface area contributed by atoms with Crippen LogP contribution in [0.4, 0.5) is 4.79 Å². The maximum absolute atomic E-state index is 13.8. The number of carbonyl (C=O) groups is 5. The number of unbranched alkanes of at least 4 members (excludes halogenated alkanes) is 7. The van der Waals surface area contributed by atoms with E-state index in [1.807, 2.05) is 49.4 Å². The highest BCUT2D eigenvalue weighted by molar-refractivity contribution is 6.25. The molecular weight excluding hydrogens is 586 g/mol. The van der Waals surface area contributed by atoms with Crippen molar-refractivity contribution in [3.05, 3.63) is 77.4 Å². The maximum Gasteiger partial charge on any atom is 0.416 e. The number of nitrogens with zero attached hydrogens (tertiary/aromatic N) is 1. The molecule has 0 radical (unpaired) electrons. The number of imide groups is 1. The molecule has 248 valence electrons. The molecule has 1 aliphatic rings. The molecule has 0 unspecified atom stereocenters. The van der Waals surface area contributed by atoms with Crippen LogP contribution in [0.3, 0.4) is 0 Å². The van der Waals surface area contributed by atoms with Crippen molar-refractivity contribution in [2.45, 2.75) is 97.1 Å². The Kier molecular flexibility index (Phi) is 14.8. The van der Waals surface area contributed by atoms with Crippen LogP contribution in [-0.4, -0.2) is 64.9 Å². The zero-order valence-electron chi connectivity index (χ0n) is 27.2. The second-order valence-corrected chi connectivity index (χ2v) is 12.0. The van der Waals surface area contributed by atoms with Crippen molar-refractivity contribution < 1.29 is 38.6 Å². The normalized spacial score (nSPS) is 16.1. The van der Waals surface area contributed by atoms with Crippen LogP contribution in [0.25, 0.3) is 5.57 Å². The minimum Gasteiger partial charge on any atom is -0.453 e. The van der Waals surface area contributed by atoms with Crippen LogP contribution in [0.1, 0.15) is 88.3 Å². The second kappa shape index (κ2) is 18.8. The molecular formula is C37H47NO8. The molecule has 9 nitrogen and oxygen atoms in total. The van der Waals surface area contributed by atoms with Crippen molar-refractivity contribution in [1.29, 1.82) is 0 Å². The number of allylic oxidation sites excluding steroid dienone is 1. The molecule has 2 aromatic rings. The maximum atomic E-state index is 13.8. The summed E-state index contributed by atoms with van der Waals surface area (Å²) in [7, 11) is 0. The number of cyclic esters (lactones) is 1. The molecule has 1 saturated heterocycles. The average molecular weight is 634 g/mol. The van der Waals surface area contributed by atoms with Gasteiger partial charge >= 0.3 is 12.1 Å². The van der Waals surface area contributed by atoms with Crippen molar-refractivity contribution in [2.75, 3.05) is 13.2 Å². The summed E-state index contributed by atoms with van der Waals surface area (Å²) >= 11 is 0. The first-order valence-corrected chi connectivity index (χ1v) is 16.3. The van der Waals surface area contributed by atoms with E-state index < -0.39 is 41.8 Å². The number of benzene rings is 2. The van der Waals surface area contributed by atoms with E-state index in [-0.39, 0.29) is 31.0 Å². The third-order valence-electron chi connectivity index (χ3n) is 8.16. The lowest BCUT2D eigenvalue weighted by molar-refractivity contribution is -0.158. The summed E-state index contributed by atoms with van der Waals surface area (Å²) in [5, 5.41) is 8.90. The van der Waals surface area contributed by atoms with E-state index in [0.29, 0.717) is 18.4 Å². The molecule has 2 amide bonds. The van der Waals surface area contributed by atoms with Crippen LogP contribution < -0.4 is 0 Å². The molecule has 1 N–H and O–H groups in total. The van der Waals surface area contributed by atoms with Crippen molar-refractivity contribution in [2.24, 2.45) is 5.92 Å². The van der Waals surface area contributed by atoms with Crippen LogP contribution in [0.15, 0.2) is 60.7 Å². The third kappa shape index (κ3) is 11.1. The Morgan fingerprint density at radius 1 is 0.957 bits per heavy atom. The number of carbonyl (C=O) groups excluding carboxylic acids is 5. The van der Waals surface area contributed by atoms with Gasteiger partial charge in [-0.3, -0.25) is 19.2 Å². The van der Waals surface area contributed by atoms with Crippen molar-refractivity contribution in [3.8, 4) is 0 Å². The highest BCUT2D eigenvalue weighted by atomic mass is 16.6. The minimum absolute atomic E-state index is 0.00793. The lowest BCUT2D eigenvalue weighted by atomic mass is 9.92. The quantitative estimate of drug-likeness (QED) is 0.110. The number of rotatable bonds is 19. The monoisotopic (exact) mass is 633 g/mol. The van der Waals surface area contributed by atoms with Gasteiger partial charge < -0.3 is 14.6 Å². The summed E-state index contributed by atoms with van der Waals surface area (Å²) in [6, 6.07) is 16.0. The predicted molar refractivity (Wildman–Crippen MR) is 175 cm³/mol. The molecule has 3 atom stereocenters. The molecule has 0 aromatic heterocycles. The van der Waals surface area contributed by atoms with Crippen molar-refractivity contribution >= 4 is 35.1 Å². The van der Waals surface area contributed by atoms with Gasteiger partial charge in [0.25, 0.3) is 0 Å². The molecule has 46 heavy (non-hydrogen) atoms. The molecule has 3 rings (SSSR count). The van der Waals surface area contributed by atoms with E-state index in [2.05, 4.69) is 0 Å². The molecule has 0 spiro atoms. The first-order chi connectivity index (χ1) is 22.1. The van der Waals surface area contributed by atoms with Gasteiger partial charge in [0.05, 0.1) is 12.0 Å². The zero-order valence-corrected chi connectivity index (χ0v) is 27.2. The van der Waals surface area contributed by atoms with Gasteiger partial charge in [0, 0.05) is 25.5 Å². The number of aliphatic hydroxyl groups is 1. The second-order valence-electron chi connectivity index (χ2n) is 12.0. The number of aryl methyl sites for hydroxylation is 1. The lowest BCUT2D eigenvalue weighted by Crippen LogP contribution is -2.48. The summed E-state index contributed by atoms with van der Waals surface area (Å²) in [5.74, 6) is -3.61. The van der Waals surface area contributed by atoms with Gasteiger partial charge in [-0.1, -0.05) is 98.7 Å².